The average Bonchev–Trinajstić information content (AvgIpc) is 3.07. The van der Waals surface area contributed by atoms with Crippen LogP contribution >= 0.6 is 0 Å². The maximum Gasteiger partial charge on any atom is 0.303 e. The maximum atomic E-state index is 13.1. The van der Waals surface area contributed by atoms with Crippen molar-refractivity contribution in [2.45, 2.75) is 18.9 Å². The number of benzene rings is 2. The maximum absolute atomic E-state index is 13.1. The second kappa shape index (κ2) is 10.1. The van der Waals surface area contributed by atoms with Crippen molar-refractivity contribution in [2.24, 2.45) is 0 Å². The number of ketones is 1. The van der Waals surface area contributed by atoms with Gasteiger partial charge in [-0.2, -0.15) is 0 Å². The molecule has 1 amide bonds. The number of carboxylic acids is 1. The van der Waals surface area contributed by atoms with Gasteiger partial charge < -0.3 is 29.3 Å². The van der Waals surface area contributed by atoms with E-state index in [1.165, 1.54) is 26.2 Å². The van der Waals surface area contributed by atoms with Crippen molar-refractivity contribution in [1.29, 1.82) is 0 Å². The zero-order chi connectivity index (χ0) is 24.1. The molecule has 1 aliphatic rings. The quantitative estimate of drug-likeness (QED) is 0.336. The molecule has 9 heteroatoms. The summed E-state index contributed by atoms with van der Waals surface area (Å²) in [6.45, 7) is 0.00129. The summed E-state index contributed by atoms with van der Waals surface area (Å²) in [6.07, 6.45) is -0.0445. The van der Waals surface area contributed by atoms with Crippen LogP contribution in [0.2, 0.25) is 0 Å². The van der Waals surface area contributed by atoms with E-state index in [1.54, 1.807) is 42.5 Å². The molecule has 0 aromatic heterocycles. The normalized spacial score (nSPS) is 17.2. The zero-order valence-corrected chi connectivity index (χ0v) is 18.5. The van der Waals surface area contributed by atoms with Crippen LogP contribution in [0.15, 0.2) is 48.0 Å². The molecule has 2 N–H and O–H groups in total. The van der Waals surface area contributed by atoms with Gasteiger partial charge in [0.25, 0.3) is 11.7 Å². The molecule has 1 heterocycles. The minimum atomic E-state index is -1.01. The molecule has 1 saturated heterocycles. The van der Waals surface area contributed by atoms with Crippen molar-refractivity contribution >= 4 is 23.4 Å². The summed E-state index contributed by atoms with van der Waals surface area (Å²) in [5, 5.41) is 20.1. The highest BCUT2D eigenvalue weighted by atomic mass is 16.5. The van der Waals surface area contributed by atoms with Crippen molar-refractivity contribution in [3.63, 3.8) is 0 Å². The Kier molecular flexibility index (Phi) is 7.22. The lowest BCUT2D eigenvalue weighted by Crippen LogP contribution is -2.31. The Morgan fingerprint density at radius 2 is 1.58 bits per heavy atom. The van der Waals surface area contributed by atoms with Crippen LogP contribution in [-0.2, 0) is 14.4 Å². The van der Waals surface area contributed by atoms with Crippen LogP contribution in [0, 0.1) is 0 Å². The Balaban J connectivity index is 2.18. The van der Waals surface area contributed by atoms with Crippen molar-refractivity contribution in [3.8, 4) is 17.2 Å². The summed E-state index contributed by atoms with van der Waals surface area (Å²) in [5.41, 5.74) is 0.639. The number of carbonyl (C=O) groups is 3. The number of aliphatic carboxylic acids is 1. The number of carbonyl (C=O) groups excluding carboxylic acids is 2. The van der Waals surface area contributed by atoms with E-state index in [1.807, 2.05) is 0 Å². The topological polar surface area (TPSA) is 123 Å². The minimum Gasteiger partial charge on any atom is -0.507 e. The number of methoxy groups -OCH3 is 3. The van der Waals surface area contributed by atoms with E-state index < -0.39 is 23.7 Å². The molecule has 0 aliphatic carbocycles. The van der Waals surface area contributed by atoms with Crippen LogP contribution in [0.1, 0.15) is 30.0 Å². The first-order valence-electron chi connectivity index (χ1n) is 10.2. The number of aliphatic hydroxyl groups excluding tert-OH is 1. The first kappa shape index (κ1) is 23.6. The number of carboxylic acid groups (broad SMARTS) is 1. The lowest BCUT2D eigenvalue weighted by atomic mass is 9.94. The third kappa shape index (κ3) is 4.77. The molecule has 3 rings (SSSR count). The zero-order valence-electron chi connectivity index (χ0n) is 18.5. The molecule has 33 heavy (non-hydrogen) atoms. The van der Waals surface area contributed by atoms with Gasteiger partial charge >= 0.3 is 5.97 Å². The Morgan fingerprint density at radius 3 is 2.15 bits per heavy atom. The molecule has 1 unspecified atom stereocenters. The van der Waals surface area contributed by atoms with Crippen molar-refractivity contribution in [2.75, 3.05) is 27.9 Å². The van der Waals surface area contributed by atoms with Crippen LogP contribution in [0.5, 0.6) is 17.2 Å². The monoisotopic (exact) mass is 455 g/mol. The number of ether oxygens (including phenoxy) is 3. The molecule has 0 spiro atoms. The SMILES string of the molecule is COc1ccc(/C(O)=C2/C(=O)C(=O)N(CCCC(=O)O)C2c2cc(OC)ccc2OC)cc1. The van der Waals surface area contributed by atoms with E-state index in [0.717, 1.165) is 0 Å². The number of amides is 1. The van der Waals surface area contributed by atoms with Gasteiger partial charge in [0.1, 0.15) is 23.0 Å². The van der Waals surface area contributed by atoms with Gasteiger partial charge in [-0.3, -0.25) is 14.4 Å². The van der Waals surface area contributed by atoms with Crippen molar-refractivity contribution < 1.29 is 38.8 Å². The number of nitrogens with zero attached hydrogens (tertiary/aromatic N) is 1. The summed E-state index contributed by atoms with van der Waals surface area (Å²) in [5.74, 6) is -1.66. The molecule has 2 aromatic rings. The molecule has 2 aromatic carbocycles. The summed E-state index contributed by atoms with van der Waals surface area (Å²) >= 11 is 0. The van der Waals surface area contributed by atoms with Crippen LogP contribution in [0.4, 0.5) is 0 Å². The van der Waals surface area contributed by atoms with E-state index in [0.29, 0.717) is 28.4 Å². The van der Waals surface area contributed by atoms with Crippen molar-refractivity contribution in [3.05, 3.63) is 59.2 Å². The Bertz CT molecular complexity index is 1090. The summed E-state index contributed by atoms with van der Waals surface area (Å²) in [7, 11) is 4.44. The minimum absolute atomic E-state index is 0.00129. The molecule has 1 fully saturated rings. The number of likely N-dealkylation sites (tertiary alicyclic amines) is 1. The van der Waals surface area contributed by atoms with Crippen LogP contribution < -0.4 is 14.2 Å². The summed E-state index contributed by atoms with van der Waals surface area (Å²) in [6, 6.07) is 10.3. The molecular formula is C24H25NO8. The van der Waals surface area contributed by atoms with Crippen LogP contribution in [-0.4, -0.2) is 60.6 Å². The highest BCUT2D eigenvalue weighted by Crippen LogP contribution is 2.44. The van der Waals surface area contributed by atoms with Gasteiger partial charge in [0.15, 0.2) is 0 Å². The van der Waals surface area contributed by atoms with E-state index in [4.69, 9.17) is 19.3 Å². The standard InChI is InChI=1S/C24H25NO8/c1-31-15-8-6-14(7-9-15)22(28)20-21(17-13-16(32-2)10-11-18(17)33-3)25(24(30)23(20)29)12-4-5-19(26)27/h6-11,13,21,28H,4-5,12H2,1-3H3,(H,26,27)/b22-20-. The fourth-order valence-electron chi connectivity index (χ4n) is 3.79. The number of hydrogen-bond donors (Lipinski definition) is 2. The summed E-state index contributed by atoms with van der Waals surface area (Å²) in [4.78, 5) is 38.3. The van der Waals surface area contributed by atoms with Crippen LogP contribution in [0.3, 0.4) is 0 Å². The second-order valence-corrected chi connectivity index (χ2v) is 7.33. The van der Waals surface area contributed by atoms with E-state index in [2.05, 4.69) is 0 Å². The number of aliphatic hydroxyl groups is 1. The first-order valence-corrected chi connectivity index (χ1v) is 10.2. The summed E-state index contributed by atoms with van der Waals surface area (Å²) < 4.78 is 15.9. The molecule has 1 atom stereocenters. The van der Waals surface area contributed by atoms with E-state index >= 15 is 0 Å². The Hall–Kier alpha value is -4.01. The second-order valence-electron chi connectivity index (χ2n) is 7.33. The van der Waals surface area contributed by atoms with Gasteiger partial charge in [0, 0.05) is 24.1 Å². The van der Waals surface area contributed by atoms with Crippen molar-refractivity contribution in [1.82, 2.24) is 4.90 Å². The predicted molar refractivity (Wildman–Crippen MR) is 118 cm³/mol. The van der Waals surface area contributed by atoms with Gasteiger partial charge in [-0.1, -0.05) is 0 Å². The van der Waals surface area contributed by atoms with E-state index in [-0.39, 0.29) is 30.7 Å². The fraction of sp³-hybridized carbons (Fsp3) is 0.292. The van der Waals surface area contributed by atoms with Gasteiger partial charge in [-0.15, -0.1) is 0 Å². The molecule has 0 radical (unpaired) electrons. The predicted octanol–water partition coefficient (Wildman–Crippen LogP) is 3.00. The Morgan fingerprint density at radius 1 is 0.939 bits per heavy atom. The van der Waals surface area contributed by atoms with Gasteiger partial charge in [-0.25, -0.2) is 0 Å². The highest BCUT2D eigenvalue weighted by Gasteiger charge is 2.47. The smallest absolute Gasteiger partial charge is 0.303 e. The number of Topliss-reactive ketones (excluding diaryl/α,β-unsaturated/α-hetero) is 1. The average molecular weight is 455 g/mol. The third-order valence-electron chi connectivity index (χ3n) is 5.42. The largest absolute Gasteiger partial charge is 0.507 e. The first-order chi connectivity index (χ1) is 15.8. The van der Waals surface area contributed by atoms with Gasteiger partial charge in [0.2, 0.25) is 0 Å². The van der Waals surface area contributed by atoms with Gasteiger partial charge in [-0.05, 0) is 48.9 Å². The van der Waals surface area contributed by atoms with Crippen LogP contribution in [0.25, 0.3) is 5.76 Å². The number of hydrogen-bond acceptors (Lipinski definition) is 7. The molecular weight excluding hydrogens is 430 g/mol. The number of rotatable bonds is 9. The lowest BCUT2D eigenvalue weighted by molar-refractivity contribution is -0.140. The third-order valence-corrected chi connectivity index (χ3v) is 5.42. The molecule has 9 nitrogen and oxygen atoms in total. The fourth-order valence-corrected chi connectivity index (χ4v) is 3.79. The molecule has 0 saturated carbocycles. The molecule has 1 aliphatic heterocycles. The lowest BCUT2D eigenvalue weighted by Gasteiger charge is -2.26. The van der Waals surface area contributed by atoms with Gasteiger partial charge in [0.05, 0.1) is 32.9 Å². The molecule has 0 bridgehead atoms. The molecule has 174 valence electrons. The Labute approximate surface area is 190 Å². The highest BCUT2D eigenvalue weighted by molar-refractivity contribution is 6.46. The van der Waals surface area contributed by atoms with E-state index in [9.17, 15) is 19.5 Å².